The maximum Gasteiger partial charge on any atom is 0.243 e. The van der Waals surface area contributed by atoms with Crippen LogP contribution in [-0.4, -0.2) is 34.6 Å². The van der Waals surface area contributed by atoms with Crippen LogP contribution in [0.15, 0.2) is 48.5 Å². The number of amides is 2. The largest absolute Gasteiger partial charge is 0.352 e. The van der Waals surface area contributed by atoms with Crippen molar-refractivity contribution in [2.45, 2.75) is 51.6 Å². The molecule has 0 saturated carbocycles. The molecule has 0 aliphatic heterocycles. The lowest BCUT2D eigenvalue weighted by Crippen LogP contribution is -2.50. The predicted molar refractivity (Wildman–Crippen MR) is 117 cm³/mol. The third kappa shape index (κ3) is 7.44. The molecule has 2 aromatic carbocycles. The van der Waals surface area contributed by atoms with E-state index in [1.54, 1.807) is 29.2 Å². The molecule has 0 saturated heterocycles. The van der Waals surface area contributed by atoms with Gasteiger partial charge in [0, 0.05) is 18.3 Å². The SMILES string of the molecule is CCC(C(=O)NC(C)C)N(Cc1ccc(F)cc1)C(=O)CSCc1ccc(F)cc1. The topological polar surface area (TPSA) is 49.4 Å². The molecule has 1 atom stereocenters. The molecular weight excluding hydrogens is 406 g/mol. The van der Waals surface area contributed by atoms with E-state index < -0.39 is 6.04 Å². The van der Waals surface area contributed by atoms with Crippen LogP contribution in [-0.2, 0) is 21.9 Å². The van der Waals surface area contributed by atoms with Crippen LogP contribution < -0.4 is 5.32 Å². The first-order chi connectivity index (χ1) is 14.3. The number of nitrogens with one attached hydrogen (secondary N) is 1. The lowest BCUT2D eigenvalue weighted by molar-refractivity contribution is -0.139. The smallest absolute Gasteiger partial charge is 0.243 e. The van der Waals surface area contributed by atoms with Gasteiger partial charge in [0.25, 0.3) is 0 Å². The van der Waals surface area contributed by atoms with Crippen molar-refractivity contribution in [2.24, 2.45) is 0 Å². The second kappa shape index (κ2) is 11.7. The van der Waals surface area contributed by atoms with Crippen LogP contribution in [0.3, 0.4) is 0 Å². The molecule has 2 rings (SSSR count). The van der Waals surface area contributed by atoms with Gasteiger partial charge >= 0.3 is 0 Å². The fourth-order valence-electron chi connectivity index (χ4n) is 3.01. The van der Waals surface area contributed by atoms with Gasteiger partial charge in [-0.05, 0) is 55.7 Å². The quantitative estimate of drug-likeness (QED) is 0.598. The van der Waals surface area contributed by atoms with Crippen LogP contribution in [0.4, 0.5) is 8.78 Å². The average Bonchev–Trinajstić information content (AvgIpc) is 2.70. The number of rotatable bonds is 10. The van der Waals surface area contributed by atoms with Gasteiger partial charge in [-0.25, -0.2) is 8.78 Å². The van der Waals surface area contributed by atoms with Crippen LogP contribution in [0, 0.1) is 11.6 Å². The van der Waals surface area contributed by atoms with Crippen molar-refractivity contribution in [3.63, 3.8) is 0 Å². The van der Waals surface area contributed by atoms with Gasteiger partial charge in [-0.2, -0.15) is 0 Å². The number of carbonyl (C=O) groups is 2. The van der Waals surface area contributed by atoms with Crippen molar-refractivity contribution < 1.29 is 18.4 Å². The molecule has 7 heteroatoms. The van der Waals surface area contributed by atoms with Crippen LogP contribution in [0.1, 0.15) is 38.3 Å². The van der Waals surface area contributed by atoms with Crippen molar-refractivity contribution in [1.82, 2.24) is 10.2 Å². The molecule has 0 aromatic heterocycles. The third-order valence-corrected chi connectivity index (χ3v) is 5.48. The van der Waals surface area contributed by atoms with E-state index in [0.29, 0.717) is 12.2 Å². The van der Waals surface area contributed by atoms with Gasteiger partial charge in [-0.3, -0.25) is 9.59 Å². The fourth-order valence-corrected chi connectivity index (χ4v) is 3.88. The number of carbonyl (C=O) groups excluding carboxylic acids is 2. The summed E-state index contributed by atoms with van der Waals surface area (Å²) in [6, 6.07) is 11.4. The molecular formula is C23H28F2N2O2S. The molecule has 0 heterocycles. The van der Waals surface area contributed by atoms with Crippen LogP contribution in [0.25, 0.3) is 0 Å². The van der Waals surface area contributed by atoms with E-state index in [4.69, 9.17) is 0 Å². The van der Waals surface area contributed by atoms with E-state index in [0.717, 1.165) is 11.1 Å². The molecule has 162 valence electrons. The predicted octanol–water partition coefficient (Wildman–Crippen LogP) is 4.53. The summed E-state index contributed by atoms with van der Waals surface area (Å²) in [6.07, 6.45) is 0.466. The summed E-state index contributed by atoms with van der Waals surface area (Å²) in [6.45, 7) is 5.83. The standard InChI is InChI=1S/C23H28F2N2O2S/c1-4-21(23(29)26-16(2)3)27(13-17-5-9-19(24)10-6-17)22(28)15-30-14-18-7-11-20(25)12-8-18/h5-12,16,21H,4,13-15H2,1-3H3,(H,26,29). The van der Waals surface area contributed by atoms with E-state index in [9.17, 15) is 18.4 Å². The van der Waals surface area contributed by atoms with Gasteiger partial charge < -0.3 is 10.2 Å². The summed E-state index contributed by atoms with van der Waals surface area (Å²) in [7, 11) is 0. The van der Waals surface area contributed by atoms with Gasteiger partial charge in [0.2, 0.25) is 11.8 Å². The molecule has 4 nitrogen and oxygen atoms in total. The molecule has 0 aliphatic carbocycles. The van der Waals surface area contributed by atoms with Gasteiger partial charge in [0.05, 0.1) is 5.75 Å². The van der Waals surface area contributed by atoms with Gasteiger partial charge in [-0.15, -0.1) is 11.8 Å². The first-order valence-corrected chi connectivity index (χ1v) is 11.1. The van der Waals surface area contributed by atoms with Crippen molar-refractivity contribution in [2.75, 3.05) is 5.75 Å². The zero-order valence-corrected chi connectivity index (χ0v) is 18.3. The number of benzene rings is 2. The Morgan fingerprint density at radius 2 is 1.50 bits per heavy atom. The lowest BCUT2D eigenvalue weighted by atomic mass is 10.1. The highest BCUT2D eigenvalue weighted by atomic mass is 32.2. The van der Waals surface area contributed by atoms with E-state index in [1.807, 2.05) is 20.8 Å². The van der Waals surface area contributed by atoms with E-state index in [-0.39, 0.29) is 41.8 Å². The Hall–Kier alpha value is -2.41. The average molecular weight is 435 g/mol. The second-order valence-electron chi connectivity index (χ2n) is 7.35. The first kappa shape index (κ1) is 23.9. The third-order valence-electron chi connectivity index (χ3n) is 4.49. The molecule has 1 N–H and O–H groups in total. The molecule has 1 unspecified atom stereocenters. The number of hydrogen-bond donors (Lipinski definition) is 1. The van der Waals surface area contributed by atoms with Gasteiger partial charge in [0.1, 0.15) is 17.7 Å². The first-order valence-electron chi connectivity index (χ1n) is 9.96. The Morgan fingerprint density at radius 1 is 0.967 bits per heavy atom. The second-order valence-corrected chi connectivity index (χ2v) is 8.34. The minimum absolute atomic E-state index is 0.0397. The summed E-state index contributed by atoms with van der Waals surface area (Å²) >= 11 is 1.41. The minimum atomic E-state index is -0.614. The number of nitrogens with zero attached hydrogens (tertiary/aromatic N) is 1. The molecule has 0 fully saturated rings. The zero-order valence-electron chi connectivity index (χ0n) is 17.5. The number of thioether (sulfide) groups is 1. The van der Waals surface area contributed by atoms with E-state index in [2.05, 4.69) is 5.32 Å². The molecule has 2 aromatic rings. The summed E-state index contributed by atoms with van der Waals surface area (Å²) in [5.41, 5.74) is 1.67. The Balaban J connectivity index is 2.11. The Labute approximate surface area is 181 Å². The lowest BCUT2D eigenvalue weighted by Gasteiger charge is -2.31. The van der Waals surface area contributed by atoms with Crippen molar-refractivity contribution in [1.29, 1.82) is 0 Å². The maximum absolute atomic E-state index is 13.3. The summed E-state index contributed by atoms with van der Waals surface area (Å²) in [4.78, 5) is 27.3. The Bertz CT molecular complexity index is 826. The fraction of sp³-hybridized carbons (Fsp3) is 0.391. The maximum atomic E-state index is 13.3. The molecule has 0 radical (unpaired) electrons. The highest BCUT2D eigenvalue weighted by Gasteiger charge is 2.28. The minimum Gasteiger partial charge on any atom is -0.352 e. The summed E-state index contributed by atoms with van der Waals surface area (Å²) in [5, 5.41) is 2.88. The molecule has 0 spiro atoms. The van der Waals surface area contributed by atoms with Crippen LogP contribution in [0.2, 0.25) is 0 Å². The van der Waals surface area contributed by atoms with Crippen LogP contribution in [0.5, 0.6) is 0 Å². The monoisotopic (exact) mass is 434 g/mol. The van der Waals surface area contributed by atoms with Crippen molar-refractivity contribution >= 4 is 23.6 Å². The molecule has 0 aliphatic rings. The molecule has 30 heavy (non-hydrogen) atoms. The molecule has 2 amide bonds. The van der Waals surface area contributed by atoms with E-state index >= 15 is 0 Å². The van der Waals surface area contributed by atoms with Gasteiger partial charge in [-0.1, -0.05) is 31.2 Å². The molecule has 0 bridgehead atoms. The number of halogens is 2. The normalized spacial score (nSPS) is 11.9. The summed E-state index contributed by atoms with van der Waals surface area (Å²) < 4.78 is 26.3. The Morgan fingerprint density at radius 3 is 2.00 bits per heavy atom. The van der Waals surface area contributed by atoms with Crippen LogP contribution >= 0.6 is 11.8 Å². The van der Waals surface area contributed by atoms with Gasteiger partial charge in [0.15, 0.2) is 0 Å². The zero-order chi connectivity index (χ0) is 22.1. The number of hydrogen-bond acceptors (Lipinski definition) is 3. The van der Waals surface area contributed by atoms with Crippen molar-refractivity contribution in [3.05, 3.63) is 71.3 Å². The highest BCUT2D eigenvalue weighted by molar-refractivity contribution is 7.99. The van der Waals surface area contributed by atoms with E-state index in [1.165, 1.54) is 36.0 Å². The highest BCUT2D eigenvalue weighted by Crippen LogP contribution is 2.18. The van der Waals surface area contributed by atoms with Crippen molar-refractivity contribution in [3.8, 4) is 0 Å². The summed E-state index contributed by atoms with van der Waals surface area (Å²) in [5.74, 6) is -0.276. The Kier molecular flexibility index (Phi) is 9.30.